The first kappa shape index (κ1) is 10.7. The fraction of sp³-hybridized carbons (Fsp3) is 0.200. The number of Topliss-reactive ketones (excluding diaryl/α,β-unsaturated/α-hetero) is 1. The zero-order chi connectivity index (χ0) is 10.7. The van der Waals surface area contributed by atoms with Gasteiger partial charge in [0.2, 0.25) is 0 Å². The molecule has 1 aromatic rings. The van der Waals surface area contributed by atoms with Gasteiger partial charge in [-0.05, 0) is 24.6 Å². The third-order valence-corrected chi connectivity index (χ3v) is 2.15. The molecule has 0 aliphatic rings. The SMILES string of the molecule is CC(=O)/C(=N\N)c1cc(Cl)ccc1C. The summed E-state index contributed by atoms with van der Waals surface area (Å²) in [6.07, 6.45) is 0. The van der Waals surface area contributed by atoms with E-state index in [-0.39, 0.29) is 11.5 Å². The van der Waals surface area contributed by atoms with Gasteiger partial charge in [-0.1, -0.05) is 17.7 Å². The van der Waals surface area contributed by atoms with Crippen molar-refractivity contribution in [1.29, 1.82) is 0 Å². The van der Waals surface area contributed by atoms with Gasteiger partial charge >= 0.3 is 0 Å². The zero-order valence-electron chi connectivity index (χ0n) is 8.04. The van der Waals surface area contributed by atoms with Gasteiger partial charge < -0.3 is 5.84 Å². The van der Waals surface area contributed by atoms with Crippen LogP contribution in [-0.2, 0) is 4.79 Å². The average Bonchev–Trinajstić information content (AvgIpc) is 2.11. The molecule has 1 rings (SSSR count). The second-order valence-corrected chi connectivity index (χ2v) is 3.43. The number of benzene rings is 1. The summed E-state index contributed by atoms with van der Waals surface area (Å²) in [7, 11) is 0. The largest absolute Gasteiger partial charge is 0.323 e. The maximum Gasteiger partial charge on any atom is 0.180 e. The minimum atomic E-state index is -0.169. The molecule has 0 unspecified atom stereocenters. The number of hydrazone groups is 1. The minimum absolute atomic E-state index is 0.169. The first-order valence-corrected chi connectivity index (χ1v) is 4.49. The number of ketones is 1. The molecule has 1 aromatic carbocycles. The molecule has 0 amide bonds. The number of carbonyl (C=O) groups is 1. The van der Waals surface area contributed by atoms with E-state index in [0.29, 0.717) is 10.6 Å². The Morgan fingerprint density at radius 1 is 1.50 bits per heavy atom. The molecule has 0 bridgehead atoms. The van der Waals surface area contributed by atoms with Crippen LogP contribution in [0.4, 0.5) is 0 Å². The smallest absolute Gasteiger partial charge is 0.180 e. The van der Waals surface area contributed by atoms with E-state index in [4.69, 9.17) is 17.4 Å². The highest BCUT2D eigenvalue weighted by Crippen LogP contribution is 2.16. The molecule has 0 radical (unpaired) electrons. The van der Waals surface area contributed by atoms with Crippen molar-refractivity contribution in [1.82, 2.24) is 0 Å². The fourth-order valence-electron chi connectivity index (χ4n) is 1.20. The Bertz CT molecular complexity index is 399. The van der Waals surface area contributed by atoms with Crippen molar-refractivity contribution in [3.05, 3.63) is 34.3 Å². The average molecular weight is 211 g/mol. The van der Waals surface area contributed by atoms with Crippen molar-refractivity contribution in [3.63, 3.8) is 0 Å². The van der Waals surface area contributed by atoms with Crippen LogP contribution in [-0.4, -0.2) is 11.5 Å². The highest BCUT2D eigenvalue weighted by molar-refractivity contribution is 6.46. The number of nitrogens with two attached hydrogens (primary N) is 1. The van der Waals surface area contributed by atoms with E-state index >= 15 is 0 Å². The van der Waals surface area contributed by atoms with E-state index in [1.165, 1.54) is 6.92 Å². The number of hydrogen-bond acceptors (Lipinski definition) is 3. The van der Waals surface area contributed by atoms with Crippen molar-refractivity contribution in [2.24, 2.45) is 10.9 Å². The molecule has 0 saturated heterocycles. The predicted octanol–water partition coefficient (Wildman–Crippen LogP) is 1.90. The lowest BCUT2D eigenvalue weighted by Gasteiger charge is -2.05. The van der Waals surface area contributed by atoms with Crippen LogP contribution in [0.25, 0.3) is 0 Å². The van der Waals surface area contributed by atoms with E-state index in [1.54, 1.807) is 12.1 Å². The number of rotatable bonds is 2. The Balaban J connectivity index is 3.30. The molecule has 3 nitrogen and oxygen atoms in total. The van der Waals surface area contributed by atoms with Crippen LogP contribution < -0.4 is 5.84 Å². The molecular formula is C10H11ClN2O. The number of hydrogen-bond donors (Lipinski definition) is 1. The number of nitrogens with zero attached hydrogens (tertiary/aromatic N) is 1. The van der Waals surface area contributed by atoms with E-state index in [1.807, 2.05) is 13.0 Å². The standard InChI is InChI=1S/C10H11ClN2O/c1-6-3-4-8(11)5-9(6)10(13-12)7(2)14/h3-5H,12H2,1-2H3/b13-10+. The Labute approximate surface area is 87.6 Å². The Hall–Kier alpha value is -1.35. The second-order valence-electron chi connectivity index (χ2n) is 2.99. The molecule has 4 heteroatoms. The van der Waals surface area contributed by atoms with Crippen LogP contribution in [0.15, 0.2) is 23.3 Å². The summed E-state index contributed by atoms with van der Waals surface area (Å²) in [5, 5.41) is 4.03. The topological polar surface area (TPSA) is 55.5 Å². The van der Waals surface area contributed by atoms with Gasteiger partial charge in [0.25, 0.3) is 0 Å². The van der Waals surface area contributed by atoms with Gasteiger partial charge in [0.05, 0.1) is 0 Å². The second kappa shape index (κ2) is 4.24. The third-order valence-electron chi connectivity index (χ3n) is 1.92. The van der Waals surface area contributed by atoms with Crippen LogP contribution in [0.3, 0.4) is 0 Å². The molecule has 0 aromatic heterocycles. The summed E-state index contributed by atoms with van der Waals surface area (Å²) in [6.45, 7) is 3.30. The Morgan fingerprint density at radius 2 is 2.14 bits per heavy atom. The van der Waals surface area contributed by atoms with Crippen molar-refractivity contribution in [2.75, 3.05) is 0 Å². The lowest BCUT2D eigenvalue weighted by Crippen LogP contribution is -2.15. The van der Waals surface area contributed by atoms with Gasteiger partial charge in [0, 0.05) is 17.5 Å². The first-order valence-electron chi connectivity index (χ1n) is 4.11. The summed E-state index contributed by atoms with van der Waals surface area (Å²) >= 11 is 5.82. The number of aryl methyl sites for hydroxylation is 1. The molecule has 0 fully saturated rings. The van der Waals surface area contributed by atoms with E-state index in [2.05, 4.69) is 5.10 Å². The molecule has 14 heavy (non-hydrogen) atoms. The van der Waals surface area contributed by atoms with E-state index < -0.39 is 0 Å². The summed E-state index contributed by atoms with van der Waals surface area (Å²) in [6, 6.07) is 5.27. The summed E-state index contributed by atoms with van der Waals surface area (Å²) in [4.78, 5) is 11.2. The molecular weight excluding hydrogens is 200 g/mol. The van der Waals surface area contributed by atoms with Crippen molar-refractivity contribution in [3.8, 4) is 0 Å². The van der Waals surface area contributed by atoms with E-state index in [9.17, 15) is 4.79 Å². The van der Waals surface area contributed by atoms with Gasteiger partial charge in [0.1, 0.15) is 5.71 Å². The molecule has 0 saturated carbocycles. The predicted molar refractivity (Wildman–Crippen MR) is 57.6 cm³/mol. The molecule has 0 heterocycles. The Kier molecular flexibility index (Phi) is 3.25. The first-order chi connectivity index (χ1) is 6.56. The van der Waals surface area contributed by atoms with Gasteiger partial charge in [-0.3, -0.25) is 4.79 Å². The highest BCUT2D eigenvalue weighted by atomic mass is 35.5. The summed E-state index contributed by atoms with van der Waals surface area (Å²) in [5.74, 6) is 4.98. The normalized spacial score (nSPS) is 11.5. The third kappa shape index (κ3) is 2.12. The maximum absolute atomic E-state index is 11.2. The van der Waals surface area contributed by atoms with Gasteiger partial charge in [0.15, 0.2) is 5.78 Å². The monoisotopic (exact) mass is 210 g/mol. The summed E-state index contributed by atoms with van der Waals surface area (Å²) < 4.78 is 0. The lowest BCUT2D eigenvalue weighted by molar-refractivity contribution is -0.111. The molecule has 74 valence electrons. The highest BCUT2D eigenvalue weighted by Gasteiger charge is 2.11. The van der Waals surface area contributed by atoms with Crippen LogP contribution in [0.1, 0.15) is 18.1 Å². The summed E-state index contributed by atoms with van der Waals surface area (Å²) in [5.41, 5.74) is 1.87. The lowest BCUT2D eigenvalue weighted by atomic mass is 10.0. The number of halogens is 1. The minimum Gasteiger partial charge on any atom is -0.323 e. The molecule has 0 aliphatic heterocycles. The molecule has 0 aliphatic carbocycles. The van der Waals surface area contributed by atoms with Crippen molar-refractivity contribution < 1.29 is 4.79 Å². The molecule has 0 spiro atoms. The van der Waals surface area contributed by atoms with Crippen LogP contribution in [0.2, 0.25) is 5.02 Å². The van der Waals surface area contributed by atoms with Crippen LogP contribution >= 0.6 is 11.6 Å². The molecule has 2 N–H and O–H groups in total. The molecule has 0 atom stereocenters. The maximum atomic E-state index is 11.2. The fourth-order valence-corrected chi connectivity index (χ4v) is 1.37. The van der Waals surface area contributed by atoms with Crippen LogP contribution in [0, 0.1) is 6.92 Å². The quantitative estimate of drug-likeness (QED) is 0.461. The zero-order valence-corrected chi connectivity index (χ0v) is 8.80. The Morgan fingerprint density at radius 3 is 2.64 bits per heavy atom. The van der Waals surface area contributed by atoms with Gasteiger partial charge in [-0.15, -0.1) is 0 Å². The van der Waals surface area contributed by atoms with Gasteiger partial charge in [-0.2, -0.15) is 5.10 Å². The van der Waals surface area contributed by atoms with E-state index in [0.717, 1.165) is 5.56 Å². The van der Waals surface area contributed by atoms with Gasteiger partial charge in [-0.25, -0.2) is 0 Å². The van der Waals surface area contributed by atoms with Crippen molar-refractivity contribution in [2.45, 2.75) is 13.8 Å². The van der Waals surface area contributed by atoms with Crippen molar-refractivity contribution >= 4 is 23.1 Å². The number of carbonyl (C=O) groups excluding carboxylic acids is 1. The van der Waals surface area contributed by atoms with Crippen LogP contribution in [0.5, 0.6) is 0 Å².